The van der Waals surface area contributed by atoms with Gasteiger partial charge in [0.25, 0.3) is 5.91 Å². The second-order valence-corrected chi connectivity index (χ2v) is 8.56. The summed E-state index contributed by atoms with van der Waals surface area (Å²) < 4.78 is 22.6. The van der Waals surface area contributed by atoms with Crippen molar-refractivity contribution in [1.82, 2.24) is 5.32 Å². The van der Waals surface area contributed by atoms with Gasteiger partial charge in [-0.2, -0.15) is 0 Å². The largest absolute Gasteiger partial charge is 0.508 e. The van der Waals surface area contributed by atoms with Crippen LogP contribution in [0.5, 0.6) is 23.0 Å². The summed E-state index contributed by atoms with van der Waals surface area (Å²) in [4.78, 5) is 25.9. The third-order valence-electron chi connectivity index (χ3n) is 6.20. The topological polar surface area (TPSA) is 150 Å². The lowest BCUT2D eigenvalue weighted by Gasteiger charge is -2.36. The van der Waals surface area contributed by atoms with E-state index < -0.39 is 11.6 Å². The smallest absolute Gasteiger partial charge is 0.340 e. The quantitative estimate of drug-likeness (QED) is 0.253. The molecule has 0 aromatic heterocycles. The maximum atomic E-state index is 13.0. The summed E-state index contributed by atoms with van der Waals surface area (Å²) in [6, 6.07) is 13.7. The minimum Gasteiger partial charge on any atom is -0.508 e. The molecule has 2 aliphatic heterocycles. The lowest BCUT2D eigenvalue weighted by atomic mass is 9.77. The first-order valence-electron chi connectivity index (χ1n) is 11.8. The van der Waals surface area contributed by atoms with Crippen LogP contribution in [0.2, 0.25) is 0 Å². The first-order chi connectivity index (χ1) is 17.9. The van der Waals surface area contributed by atoms with Crippen molar-refractivity contribution in [1.29, 1.82) is 0 Å². The van der Waals surface area contributed by atoms with Crippen LogP contribution in [-0.2, 0) is 19.8 Å². The Morgan fingerprint density at radius 3 is 2.16 bits per heavy atom. The lowest BCUT2D eigenvalue weighted by molar-refractivity contribution is 0.0224. The zero-order valence-electron chi connectivity index (χ0n) is 19.9. The van der Waals surface area contributed by atoms with Gasteiger partial charge in [0.1, 0.15) is 23.0 Å². The molecule has 0 bridgehead atoms. The second-order valence-electron chi connectivity index (χ2n) is 8.56. The van der Waals surface area contributed by atoms with Crippen LogP contribution in [0.1, 0.15) is 37.4 Å². The Bertz CT molecular complexity index is 1300. The highest BCUT2D eigenvalue weighted by molar-refractivity contribution is 6.00. The van der Waals surface area contributed by atoms with E-state index in [1.165, 1.54) is 24.3 Å². The van der Waals surface area contributed by atoms with E-state index >= 15 is 0 Å². The van der Waals surface area contributed by atoms with E-state index in [9.17, 15) is 19.8 Å². The van der Waals surface area contributed by atoms with Crippen LogP contribution in [0, 0.1) is 0 Å². The minimum atomic E-state index is -1.43. The highest BCUT2D eigenvalue weighted by Crippen LogP contribution is 2.57. The number of carbonyl (C=O) groups excluding carboxylic acids is 2. The number of amides is 1. The van der Waals surface area contributed by atoms with Crippen molar-refractivity contribution in [3.05, 3.63) is 82.4 Å². The molecule has 37 heavy (non-hydrogen) atoms. The van der Waals surface area contributed by atoms with E-state index in [1.807, 2.05) is 0 Å². The number of phenols is 2. The second kappa shape index (κ2) is 10.1. The molecule has 0 atom stereocenters. The zero-order chi connectivity index (χ0) is 26.0. The summed E-state index contributed by atoms with van der Waals surface area (Å²) in [5, 5.41) is 22.9. The molecule has 10 nitrogen and oxygen atoms in total. The van der Waals surface area contributed by atoms with Crippen molar-refractivity contribution < 1.29 is 38.7 Å². The molecule has 0 unspecified atom stereocenters. The number of phenolic OH excluding ortho intramolecular Hbond substituents is 2. The Hall–Kier alpha value is -4.12. The number of esters is 1. The van der Waals surface area contributed by atoms with E-state index in [-0.39, 0.29) is 35.4 Å². The molecule has 1 spiro atoms. The number of carbonyl (C=O) groups is 2. The molecule has 3 aromatic rings. The average molecular weight is 507 g/mol. The molecule has 10 heteroatoms. The van der Waals surface area contributed by atoms with Gasteiger partial charge in [-0.15, -0.1) is 0 Å². The number of ether oxygens (including phenoxy) is 4. The number of nitrogens with one attached hydrogen (secondary N) is 1. The van der Waals surface area contributed by atoms with Gasteiger partial charge in [0.05, 0.1) is 32.0 Å². The number of rotatable bonds is 9. The number of benzene rings is 3. The Kier molecular flexibility index (Phi) is 6.70. The zero-order valence-corrected chi connectivity index (χ0v) is 19.9. The maximum Gasteiger partial charge on any atom is 0.340 e. The molecule has 5 rings (SSSR count). The summed E-state index contributed by atoms with van der Waals surface area (Å²) in [5.74, 6) is -0.453. The lowest BCUT2D eigenvalue weighted by Crippen LogP contribution is -2.33. The molecular formula is C27H26N2O8. The highest BCUT2D eigenvalue weighted by atomic mass is 16.6. The standard InChI is InChI=1S/C27H26N2O8/c28-7-9-34-11-12-35-10-8-29-25(32)16-1-4-19-22(13-16)27(37-26(19)33)20-5-2-17(30)14-23(20)36-24-15-18(31)3-6-21(24)27/h1-6,13-15,30-31H,7-12,28H2,(H,29,32). The molecule has 2 heterocycles. The number of hydrogen-bond acceptors (Lipinski definition) is 9. The van der Waals surface area contributed by atoms with Crippen LogP contribution in [-0.4, -0.2) is 61.6 Å². The summed E-state index contributed by atoms with van der Waals surface area (Å²) in [6.45, 7) is 2.32. The molecule has 2 aliphatic rings. The minimum absolute atomic E-state index is 0.0386. The summed E-state index contributed by atoms with van der Waals surface area (Å²) in [6.07, 6.45) is 0. The van der Waals surface area contributed by atoms with Gasteiger partial charge in [0, 0.05) is 47.5 Å². The van der Waals surface area contributed by atoms with Gasteiger partial charge in [0.15, 0.2) is 5.60 Å². The summed E-state index contributed by atoms with van der Waals surface area (Å²) in [7, 11) is 0. The molecule has 3 aromatic carbocycles. The molecule has 0 saturated heterocycles. The molecule has 1 amide bonds. The van der Waals surface area contributed by atoms with Crippen molar-refractivity contribution in [2.45, 2.75) is 5.60 Å². The third-order valence-corrected chi connectivity index (χ3v) is 6.20. The van der Waals surface area contributed by atoms with Gasteiger partial charge in [-0.05, 0) is 42.5 Å². The number of nitrogens with two attached hydrogens (primary N) is 1. The van der Waals surface area contributed by atoms with Crippen LogP contribution in [0.4, 0.5) is 0 Å². The van der Waals surface area contributed by atoms with Gasteiger partial charge in [-0.25, -0.2) is 4.79 Å². The Labute approximate surface area is 212 Å². The van der Waals surface area contributed by atoms with Crippen molar-refractivity contribution in [3.8, 4) is 23.0 Å². The van der Waals surface area contributed by atoms with Crippen molar-refractivity contribution in [2.75, 3.05) is 39.5 Å². The van der Waals surface area contributed by atoms with Gasteiger partial charge in [-0.3, -0.25) is 4.79 Å². The van der Waals surface area contributed by atoms with Gasteiger partial charge >= 0.3 is 5.97 Å². The summed E-state index contributed by atoms with van der Waals surface area (Å²) >= 11 is 0. The molecule has 0 saturated carbocycles. The van der Waals surface area contributed by atoms with Crippen LogP contribution >= 0.6 is 0 Å². The third kappa shape index (κ3) is 4.46. The van der Waals surface area contributed by atoms with Crippen LogP contribution in [0.15, 0.2) is 54.6 Å². The number of aromatic hydroxyl groups is 2. The highest BCUT2D eigenvalue weighted by Gasteiger charge is 2.53. The van der Waals surface area contributed by atoms with Crippen LogP contribution < -0.4 is 15.8 Å². The van der Waals surface area contributed by atoms with Crippen LogP contribution in [0.3, 0.4) is 0 Å². The Morgan fingerprint density at radius 2 is 1.51 bits per heavy atom. The van der Waals surface area contributed by atoms with E-state index in [4.69, 9.17) is 24.7 Å². The number of fused-ring (bicyclic) bond motifs is 6. The van der Waals surface area contributed by atoms with Gasteiger partial charge in [-0.1, -0.05) is 0 Å². The van der Waals surface area contributed by atoms with Crippen molar-refractivity contribution in [2.24, 2.45) is 5.73 Å². The van der Waals surface area contributed by atoms with E-state index in [0.717, 1.165) is 0 Å². The summed E-state index contributed by atoms with van der Waals surface area (Å²) in [5.41, 5.74) is 5.99. The van der Waals surface area contributed by atoms with Crippen molar-refractivity contribution >= 4 is 11.9 Å². The van der Waals surface area contributed by atoms with Crippen LogP contribution in [0.25, 0.3) is 0 Å². The fourth-order valence-electron chi connectivity index (χ4n) is 4.58. The monoisotopic (exact) mass is 506 g/mol. The Morgan fingerprint density at radius 1 is 0.865 bits per heavy atom. The first kappa shape index (κ1) is 24.6. The molecule has 5 N–H and O–H groups in total. The SMILES string of the molecule is NCCOCCOCCNC(=O)c1ccc2c(c1)C1(OC2=O)c2ccc(O)cc2Oc2cc(O)ccc21. The normalized spacial score (nSPS) is 14.4. The molecular weight excluding hydrogens is 480 g/mol. The van der Waals surface area contributed by atoms with Crippen molar-refractivity contribution in [3.63, 3.8) is 0 Å². The van der Waals surface area contributed by atoms with E-state index in [1.54, 1.807) is 30.3 Å². The van der Waals surface area contributed by atoms with Gasteiger partial charge < -0.3 is 40.2 Å². The fraction of sp³-hybridized carbons (Fsp3) is 0.259. The molecule has 0 radical (unpaired) electrons. The predicted molar refractivity (Wildman–Crippen MR) is 131 cm³/mol. The average Bonchev–Trinajstić information content (AvgIpc) is 3.17. The molecule has 192 valence electrons. The first-order valence-corrected chi connectivity index (χ1v) is 11.8. The number of hydrogen-bond donors (Lipinski definition) is 4. The van der Waals surface area contributed by atoms with E-state index in [0.29, 0.717) is 60.8 Å². The molecule has 0 fully saturated rings. The van der Waals surface area contributed by atoms with Gasteiger partial charge in [0.2, 0.25) is 0 Å². The molecule has 0 aliphatic carbocycles. The Balaban J connectivity index is 1.44. The maximum absolute atomic E-state index is 13.0. The van der Waals surface area contributed by atoms with E-state index in [2.05, 4.69) is 5.32 Å². The predicted octanol–water partition coefficient (Wildman–Crippen LogP) is 2.39. The fourth-order valence-corrected chi connectivity index (χ4v) is 4.58.